The molecular formula is C28H34N2O5. The van der Waals surface area contributed by atoms with Crippen molar-refractivity contribution >= 4 is 11.8 Å². The summed E-state index contributed by atoms with van der Waals surface area (Å²) in [5, 5.41) is 23.4. The zero-order valence-corrected chi connectivity index (χ0v) is 20.1. The molecule has 3 aliphatic heterocycles. The van der Waals surface area contributed by atoms with E-state index >= 15 is 0 Å². The summed E-state index contributed by atoms with van der Waals surface area (Å²) in [6, 6.07) is 3.32. The van der Waals surface area contributed by atoms with Crippen LogP contribution in [-0.4, -0.2) is 68.7 Å². The minimum Gasteiger partial charge on any atom is -0.504 e. The Bertz CT molecular complexity index is 1120. The van der Waals surface area contributed by atoms with Crippen molar-refractivity contribution in [2.45, 2.75) is 93.4 Å². The third-order valence-electron chi connectivity index (χ3n) is 10.9. The fraction of sp³-hybridized carbons (Fsp3) is 0.714. The molecule has 3 unspecified atom stereocenters. The molecule has 7 atom stereocenters. The minimum absolute atomic E-state index is 0.000505. The molecule has 0 aromatic heterocycles. The molecular weight excluding hydrogens is 444 g/mol. The van der Waals surface area contributed by atoms with E-state index in [4.69, 9.17) is 4.74 Å². The zero-order valence-electron chi connectivity index (χ0n) is 20.1. The highest BCUT2D eigenvalue weighted by Crippen LogP contribution is 2.66. The summed E-state index contributed by atoms with van der Waals surface area (Å²) in [5.41, 5.74) is 0.403. The van der Waals surface area contributed by atoms with E-state index in [0.29, 0.717) is 18.6 Å². The molecule has 2 N–H and O–H groups in total. The monoisotopic (exact) mass is 478 g/mol. The van der Waals surface area contributed by atoms with E-state index in [1.165, 1.54) is 12.8 Å². The van der Waals surface area contributed by atoms with Gasteiger partial charge in [-0.3, -0.25) is 19.4 Å². The second-order valence-electron chi connectivity index (χ2n) is 12.4. The van der Waals surface area contributed by atoms with Crippen molar-refractivity contribution in [3.8, 4) is 11.5 Å². The Morgan fingerprint density at radius 2 is 1.74 bits per heavy atom. The number of phenols is 1. The number of phenolic OH excluding ortho intramolecular Hbond substituents is 1. The van der Waals surface area contributed by atoms with E-state index in [-0.39, 0.29) is 35.4 Å². The minimum atomic E-state index is -0.994. The summed E-state index contributed by atoms with van der Waals surface area (Å²) >= 11 is 0. The lowest BCUT2D eigenvalue weighted by atomic mass is 9.48. The van der Waals surface area contributed by atoms with Crippen molar-refractivity contribution < 1.29 is 24.5 Å². The summed E-state index contributed by atoms with van der Waals surface area (Å²) in [5.74, 6) is 0.856. The number of ether oxygens (including phenoxy) is 1. The van der Waals surface area contributed by atoms with Gasteiger partial charge in [0.05, 0.1) is 28.9 Å². The van der Waals surface area contributed by atoms with E-state index in [0.717, 1.165) is 68.7 Å². The first-order valence-corrected chi connectivity index (χ1v) is 13.8. The molecule has 4 aliphatic carbocycles. The van der Waals surface area contributed by atoms with Gasteiger partial charge in [-0.1, -0.05) is 18.9 Å². The number of fused-ring (bicyclic) bond motifs is 1. The van der Waals surface area contributed by atoms with Gasteiger partial charge in [-0.2, -0.15) is 0 Å². The molecule has 3 saturated carbocycles. The number of benzene rings is 1. The van der Waals surface area contributed by atoms with Gasteiger partial charge in [-0.15, -0.1) is 0 Å². The van der Waals surface area contributed by atoms with E-state index in [2.05, 4.69) is 4.90 Å². The van der Waals surface area contributed by atoms with Crippen LogP contribution in [0.3, 0.4) is 0 Å². The second kappa shape index (κ2) is 6.80. The summed E-state index contributed by atoms with van der Waals surface area (Å²) in [6.07, 6.45) is 8.20. The maximum absolute atomic E-state index is 13.6. The van der Waals surface area contributed by atoms with Gasteiger partial charge in [0.25, 0.3) is 0 Å². The number of likely N-dealkylation sites (tertiary alicyclic amines) is 2. The number of carbonyl (C=O) groups is 2. The van der Waals surface area contributed by atoms with Gasteiger partial charge in [0, 0.05) is 18.2 Å². The van der Waals surface area contributed by atoms with Crippen LogP contribution in [0.25, 0.3) is 0 Å². The van der Waals surface area contributed by atoms with Crippen molar-refractivity contribution in [3.63, 3.8) is 0 Å². The molecule has 186 valence electrons. The van der Waals surface area contributed by atoms with Crippen LogP contribution in [-0.2, 0) is 21.4 Å². The third kappa shape index (κ3) is 2.45. The van der Waals surface area contributed by atoms with E-state index in [1.807, 2.05) is 6.07 Å². The zero-order chi connectivity index (χ0) is 23.7. The van der Waals surface area contributed by atoms with Crippen LogP contribution < -0.4 is 4.74 Å². The lowest BCUT2D eigenvalue weighted by Crippen LogP contribution is -2.78. The molecule has 1 spiro atoms. The lowest BCUT2D eigenvalue weighted by Gasteiger charge is -2.64. The molecule has 35 heavy (non-hydrogen) atoms. The maximum atomic E-state index is 13.6. The van der Waals surface area contributed by atoms with Gasteiger partial charge in [0.15, 0.2) is 11.5 Å². The van der Waals surface area contributed by atoms with E-state index in [1.54, 1.807) is 11.0 Å². The predicted octanol–water partition coefficient (Wildman–Crippen LogP) is 2.50. The number of amides is 2. The Kier molecular flexibility index (Phi) is 4.08. The van der Waals surface area contributed by atoms with Crippen molar-refractivity contribution in [1.82, 2.24) is 9.80 Å². The van der Waals surface area contributed by atoms with Crippen LogP contribution in [0.2, 0.25) is 0 Å². The largest absolute Gasteiger partial charge is 0.504 e. The number of nitrogens with zero attached hydrogens (tertiary/aromatic N) is 2. The third-order valence-corrected chi connectivity index (χ3v) is 10.9. The number of hydrogen-bond donors (Lipinski definition) is 2. The van der Waals surface area contributed by atoms with Crippen LogP contribution in [0.1, 0.15) is 68.9 Å². The number of piperidine rings is 1. The Balaban J connectivity index is 1.25. The lowest BCUT2D eigenvalue weighted by molar-refractivity contribution is -0.201. The second-order valence-corrected chi connectivity index (χ2v) is 12.4. The fourth-order valence-corrected chi connectivity index (χ4v) is 9.23. The maximum Gasteiger partial charge on any atom is 0.233 e. The highest BCUT2D eigenvalue weighted by atomic mass is 16.5. The van der Waals surface area contributed by atoms with Crippen LogP contribution in [0.4, 0.5) is 0 Å². The van der Waals surface area contributed by atoms with Gasteiger partial charge >= 0.3 is 0 Å². The van der Waals surface area contributed by atoms with Gasteiger partial charge in [0.2, 0.25) is 11.8 Å². The van der Waals surface area contributed by atoms with Crippen molar-refractivity contribution in [1.29, 1.82) is 0 Å². The summed E-state index contributed by atoms with van der Waals surface area (Å²) in [6.45, 7) is 1.91. The highest BCUT2D eigenvalue weighted by molar-refractivity contribution is 6.05. The average molecular weight is 479 g/mol. The van der Waals surface area contributed by atoms with Crippen molar-refractivity contribution in [3.05, 3.63) is 23.3 Å². The van der Waals surface area contributed by atoms with Crippen molar-refractivity contribution in [2.24, 2.45) is 17.8 Å². The molecule has 1 aromatic rings. The smallest absolute Gasteiger partial charge is 0.233 e. The highest BCUT2D eigenvalue weighted by Gasteiger charge is 2.74. The Morgan fingerprint density at radius 3 is 2.46 bits per heavy atom. The van der Waals surface area contributed by atoms with Crippen molar-refractivity contribution in [2.75, 3.05) is 13.1 Å². The number of hydrogen-bond acceptors (Lipinski definition) is 6. The molecule has 2 amide bonds. The summed E-state index contributed by atoms with van der Waals surface area (Å²) < 4.78 is 6.60. The molecule has 3 heterocycles. The number of carbonyl (C=O) groups excluding carboxylic acids is 2. The number of aliphatic hydroxyl groups is 1. The normalized spacial score (nSPS) is 43.7. The standard InChI is InChI=1S/C28H34N2O5/c31-20-8-7-16-13-21-28(34)10-9-19(30-25(32)17-3-1-2-4-18(17)26(30)33)24-27(28,22(16)23(20)35-24)11-12-29(21)14-15-5-6-15/h7-8,15,17-19,21,24,31,34H,1-6,9-14H2/t17?,18?,19-,21-,24+,27+,28?/m1/s1. The Hall–Kier alpha value is -2.12. The molecule has 7 aliphatic rings. The van der Waals surface area contributed by atoms with Gasteiger partial charge in [0.1, 0.15) is 6.10 Å². The number of imide groups is 1. The predicted molar refractivity (Wildman–Crippen MR) is 126 cm³/mol. The molecule has 7 nitrogen and oxygen atoms in total. The summed E-state index contributed by atoms with van der Waals surface area (Å²) in [7, 11) is 0. The number of rotatable bonds is 3. The topological polar surface area (TPSA) is 90.3 Å². The average Bonchev–Trinajstić information content (AvgIpc) is 3.54. The fourth-order valence-electron chi connectivity index (χ4n) is 9.23. The molecule has 0 radical (unpaired) electrons. The SMILES string of the molecule is O=C1C2CCCCC2C(=O)N1[C@@H]1CCC2(O)[C@H]3Cc4ccc(O)c5c4[C@@]2(CCN3CC2CC2)[C@H]1O5. The van der Waals surface area contributed by atoms with Crippen LogP contribution >= 0.6 is 0 Å². The molecule has 5 fully saturated rings. The Morgan fingerprint density at radius 1 is 1.00 bits per heavy atom. The summed E-state index contributed by atoms with van der Waals surface area (Å²) in [4.78, 5) is 31.3. The first-order valence-electron chi connectivity index (χ1n) is 13.8. The van der Waals surface area contributed by atoms with E-state index < -0.39 is 23.2 Å². The molecule has 2 bridgehead atoms. The van der Waals surface area contributed by atoms with Gasteiger partial charge in [-0.25, -0.2) is 0 Å². The molecule has 8 rings (SSSR count). The van der Waals surface area contributed by atoms with E-state index in [9.17, 15) is 19.8 Å². The quantitative estimate of drug-likeness (QED) is 0.649. The van der Waals surface area contributed by atoms with Crippen LogP contribution in [0.5, 0.6) is 11.5 Å². The van der Waals surface area contributed by atoms with Gasteiger partial charge in [-0.05, 0) is 75.5 Å². The van der Waals surface area contributed by atoms with Crippen LogP contribution in [0.15, 0.2) is 12.1 Å². The Labute approximate surface area is 205 Å². The number of aromatic hydroxyl groups is 1. The van der Waals surface area contributed by atoms with Crippen LogP contribution in [0, 0.1) is 17.8 Å². The van der Waals surface area contributed by atoms with Gasteiger partial charge < -0.3 is 14.9 Å². The molecule has 1 aromatic carbocycles. The first kappa shape index (κ1) is 21.0. The molecule has 7 heteroatoms. The first-order chi connectivity index (χ1) is 16.9. The molecule has 2 saturated heterocycles.